The van der Waals surface area contributed by atoms with Crippen molar-refractivity contribution >= 4 is 17.9 Å². The van der Waals surface area contributed by atoms with Crippen LogP contribution >= 0.6 is 11.9 Å². The van der Waals surface area contributed by atoms with Crippen molar-refractivity contribution in [1.82, 2.24) is 0 Å². The molecule has 12 heavy (non-hydrogen) atoms. The zero-order valence-corrected chi connectivity index (χ0v) is 7.58. The third kappa shape index (κ3) is 5.09. The highest BCUT2D eigenvalue weighted by Gasteiger charge is 2.15. The van der Waals surface area contributed by atoms with E-state index < -0.39 is 12.0 Å². The molecule has 0 rings (SSSR count). The van der Waals surface area contributed by atoms with Gasteiger partial charge in [-0.2, -0.15) is 0 Å². The van der Waals surface area contributed by atoms with E-state index in [0.29, 0.717) is 12.2 Å². The fourth-order valence-electron chi connectivity index (χ4n) is 0.760. The van der Waals surface area contributed by atoms with Crippen LogP contribution in [-0.2, 0) is 4.79 Å². The van der Waals surface area contributed by atoms with Gasteiger partial charge >= 0.3 is 5.97 Å². The van der Waals surface area contributed by atoms with Crippen LogP contribution < -0.4 is 5.73 Å². The van der Waals surface area contributed by atoms with Crippen LogP contribution in [0.3, 0.4) is 0 Å². The van der Waals surface area contributed by atoms with E-state index in [0.717, 1.165) is 11.9 Å². The maximum atomic E-state index is 10.3. The first-order valence-corrected chi connectivity index (χ1v) is 4.45. The predicted molar refractivity (Wildman–Crippen MR) is 47.6 cm³/mol. The Balaban J connectivity index is 3.60. The summed E-state index contributed by atoms with van der Waals surface area (Å²) < 4.78 is 2.61. The van der Waals surface area contributed by atoms with Crippen molar-refractivity contribution in [3.63, 3.8) is 0 Å². The van der Waals surface area contributed by atoms with Gasteiger partial charge in [-0.05, 0) is 12.3 Å². The fourth-order valence-corrected chi connectivity index (χ4v) is 1.21. The predicted octanol–water partition coefficient (Wildman–Crippen LogP) is 0.839. The zero-order chi connectivity index (χ0) is 9.56. The lowest BCUT2D eigenvalue weighted by Crippen LogP contribution is -2.32. The summed E-state index contributed by atoms with van der Waals surface area (Å²) in [5, 5.41) is 8.44. The third-order valence-electron chi connectivity index (χ3n) is 1.39. The molecule has 70 valence electrons. The van der Waals surface area contributed by atoms with Gasteiger partial charge in [0.05, 0.1) is 0 Å². The Bertz CT molecular complexity index is 165. The highest BCUT2D eigenvalue weighted by atomic mass is 32.2. The minimum atomic E-state index is -1.01. The van der Waals surface area contributed by atoms with Crippen molar-refractivity contribution in [1.29, 1.82) is 0 Å². The van der Waals surface area contributed by atoms with E-state index in [1.165, 1.54) is 0 Å². The average Bonchev–Trinajstić information content (AvgIpc) is 2.00. The lowest BCUT2D eigenvalue weighted by atomic mass is 10.0. The molecule has 0 fully saturated rings. The van der Waals surface area contributed by atoms with Gasteiger partial charge in [0.2, 0.25) is 0 Å². The minimum Gasteiger partial charge on any atom is -0.480 e. The first-order chi connectivity index (χ1) is 5.57. The summed E-state index contributed by atoms with van der Waals surface area (Å²) >= 11 is 0.891. The number of nitroso groups, excluding NO2 is 1. The van der Waals surface area contributed by atoms with E-state index in [9.17, 15) is 9.70 Å². The summed E-state index contributed by atoms with van der Waals surface area (Å²) in [5.41, 5.74) is 5.27. The van der Waals surface area contributed by atoms with Gasteiger partial charge in [-0.1, -0.05) is 6.92 Å². The number of carboxylic acid groups (broad SMARTS) is 1. The van der Waals surface area contributed by atoms with Crippen LogP contribution in [-0.4, -0.2) is 22.9 Å². The average molecular weight is 192 g/mol. The Morgan fingerprint density at radius 3 is 2.75 bits per heavy atom. The van der Waals surface area contributed by atoms with E-state index in [1.807, 2.05) is 6.92 Å². The largest absolute Gasteiger partial charge is 0.480 e. The van der Waals surface area contributed by atoms with Gasteiger partial charge in [-0.25, -0.2) is 0 Å². The second-order valence-corrected chi connectivity index (χ2v) is 3.40. The molecule has 0 aliphatic rings. The van der Waals surface area contributed by atoms with Crippen molar-refractivity contribution < 1.29 is 9.90 Å². The molecule has 0 aliphatic heterocycles. The van der Waals surface area contributed by atoms with Crippen molar-refractivity contribution in [2.75, 3.05) is 5.75 Å². The molecule has 0 aliphatic carbocycles. The van der Waals surface area contributed by atoms with Crippen molar-refractivity contribution in [2.45, 2.75) is 19.4 Å². The van der Waals surface area contributed by atoms with Gasteiger partial charge in [0.1, 0.15) is 6.04 Å². The van der Waals surface area contributed by atoms with Gasteiger partial charge in [-0.3, -0.25) is 4.79 Å². The van der Waals surface area contributed by atoms with E-state index in [1.54, 1.807) is 0 Å². The molecule has 3 N–H and O–H groups in total. The molecule has 6 heteroatoms. The molecule has 0 heterocycles. The molecular formula is C6H12N2O3S. The highest BCUT2D eigenvalue weighted by Crippen LogP contribution is 2.13. The summed E-state index contributed by atoms with van der Waals surface area (Å²) in [7, 11) is 0. The molecule has 0 saturated heterocycles. The minimum absolute atomic E-state index is 0.0961. The first kappa shape index (κ1) is 11.4. The lowest BCUT2D eigenvalue weighted by molar-refractivity contribution is -0.138. The van der Waals surface area contributed by atoms with Crippen LogP contribution in [0.25, 0.3) is 0 Å². The number of nitrogens with two attached hydrogens (primary N) is 1. The molecule has 0 aromatic rings. The summed E-state index contributed by atoms with van der Waals surface area (Å²) in [4.78, 5) is 20.0. The molecule has 1 unspecified atom stereocenters. The SMILES string of the molecule is CC(CSN=O)C[C@H](N)C(=O)O. The van der Waals surface area contributed by atoms with Crippen molar-refractivity contribution in [3.05, 3.63) is 4.91 Å². The van der Waals surface area contributed by atoms with Gasteiger partial charge in [0.15, 0.2) is 0 Å². The monoisotopic (exact) mass is 192 g/mol. The smallest absolute Gasteiger partial charge is 0.320 e. The first-order valence-electron chi connectivity index (χ1n) is 3.51. The maximum absolute atomic E-state index is 10.3. The standard InChI is InChI=1S/C6H12N2O3S/c1-4(3-12-8-11)2-5(7)6(9)10/h4-5H,2-3,7H2,1H3,(H,9,10)/t4?,5-/m0/s1. The molecule has 0 aromatic carbocycles. The number of carboxylic acids is 1. The third-order valence-corrected chi connectivity index (χ3v) is 2.21. The van der Waals surface area contributed by atoms with Gasteiger partial charge in [-0.15, -0.1) is 4.91 Å². The summed E-state index contributed by atoms with van der Waals surface area (Å²) in [6, 6.07) is -0.841. The maximum Gasteiger partial charge on any atom is 0.320 e. The summed E-state index contributed by atoms with van der Waals surface area (Å²) in [5.74, 6) is -0.394. The zero-order valence-electron chi connectivity index (χ0n) is 6.77. The topological polar surface area (TPSA) is 92.8 Å². The van der Waals surface area contributed by atoms with Crippen molar-refractivity contribution in [3.8, 4) is 0 Å². The number of aliphatic carboxylic acids is 1. The van der Waals surface area contributed by atoms with Crippen LogP contribution in [0, 0.1) is 10.8 Å². The Kier molecular flexibility index (Phi) is 5.65. The quantitative estimate of drug-likeness (QED) is 0.480. The van der Waals surface area contributed by atoms with Crippen molar-refractivity contribution in [2.24, 2.45) is 16.2 Å². The van der Waals surface area contributed by atoms with E-state index in [-0.39, 0.29) is 5.92 Å². The number of carbonyl (C=O) groups is 1. The molecule has 2 atom stereocenters. The van der Waals surface area contributed by atoms with Crippen LogP contribution in [0.1, 0.15) is 13.3 Å². The molecule has 0 aromatic heterocycles. The number of nitrogens with zero attached hydrogens (tertiary/aromatic N) is 1. The normalized spacial score (nSPS) is 15.2. The lowest BCUT2D eigenvalue weighted by Gasteiger charge is -2.11. The number of hydrogen-bond donors (Lipinski definition) is 2. The molecule has 0 radical (unpaired) electrons. The molecule has 0 amide bonds. The molecule has 0 spiro atoms. The van der Waals surface area contributed by atoms with Crippen LogP contribution in [0.15, 0.2) is 4.58 Å². The van der Waals surface area contributed by atoms with E-state index >= 15 is 0 Å². The highest BCUT2D eigenvalue weighted by molar-refractivity contribution is 7.97. The second kappa shape index (κ2) is 5.96. The van der Waals surface area contributed by atoms with Crippen LogP contribution in [0.5, 0.6) is 0 Å². The van der Waals surface area contributed by atoms with Gasteiger partial charge in [0, 0.05) is 22.3 Å². The Morgan fingerprint density at radius 1 is 1.75 bits per heavy atom. The second-order valence-electron chi connectivity index (χ2n) is 2.66. The number of rotatable bonds is 6. The van der Waals surface area contributed by atoms with Gasteiger partial charge in [0.25, 0.3) is 0 Å². The number of hydrogen-bond acceptors (Lipinski definition) is 5. The van der Waals surface area contributed by atoms with E-state index in [2.05, 4.69) is 4.58 Å². The Labute approximate surface area is 74.8 Å². The van der Waals surface area contributed by atoms with Crippen LogP contribution in [0.2, 0.25) is 0 Å². The molecular weight excluding hydrogens is 180 g/mol. The Hall–Kier alpha value is -0.620. The van der Waals surface area contributed by atoms with Gasteiger partial charge < -0.3 is 10.8 Å². The fraction of sp³-hybridized carbons (Fsp3) is 0.833. The molecule has 5 nitrogen and oxygen atoms in total. The molecule has 0 bridgehead atoms. The molecule has 0 saturated carbocycles. The van der Waals surface area contributed by atoms with Crippen LogP contribution in [0.4, 0.5) is 0 Å². The summed E-state index contributed by atoms with van der Waals surface area (Å²) in [6.07, 6.45) is 0.373. The summed E-state index contributed by atoms with van der Waals surface area (Å²) in [6.45, 7) is 1.83. The van der Waals surface area contributed by atoms with E-state index in [4.69, 9.17) is 10.8 Å². The Morgan fingerprint density at radius 2 is 2.33 bits per heavy atom.